The fourth-order valence-corrected chi connectivity index (χ4v) is 7.30. The third kappa shape index (κ3) is 4.25. The van der Waals surface area contributed by atoms with E-state index in [9.17, 15) is 1.37 Å². The summed E-state index contributed by atoms with van der Waals surface area (Å²) in [5.74, 6) is 1.53. The molecule has 10 aromatic rings. The number of nitrogens with zero attached hydrogens (tertiary/aromatic N) is 4. The summed E-state index contributed by atoms with van der Waals surface area (Å²) in [6.45, 7) is 0. The lowest BCUT2D eigenvalue weighted by Crippen LogP contribution is -2.00. The molecule has 4 nitrogen and oxygen atoms in total. The van der Waals surface area contributed by atoms with Gasteiger partial charge < -0.3 is 4.57 Å². The lowest BCUT2D eigenvalue weighted by Gasteiger charge is -2.11. The molecule has 48 heavy (non-hydrogen) atoms. The molecule has 10 rings (SSSR count). The highest BCUT2D eigenvalue weighted by Crippen LogP contribution is 2.43. The molecule has 0 aliphatic rings. The van der Waals surface area contributed by atoms with Crippen LogP contribution in [0.3, 0.4) is 0 Å². The van der Waals surface area contributed by atoms with Crippen LogP contribution in [0.4, 0.5) is 0 Å². The van der Waals surface area contributed by atoms with Crippen molar-refractivity contribution in [2.24, 2.45) is 0 Å². The Bertz CT molecular complexity index is 3350. The van der Waals surface area contributed by atoms with Crippen LogP contribution >= 0.6 is 11.3 Å². The molecule has 0 saturated heterocycles. The van der Waals surface area contributed by atoms with Gasteiger partial charge in [-0.05, 0) is 53.1 Å². The zero-order valence-corrected chi connectivity index (χ0v) is 25.8. The Hall–Kier alpha value is -6.17. The van der Waals surface area contributed by atoms with Crippen LogP contribution in [0.5, 0.6) is 0 Å². The normalized spacial score (nSPS) is 14.7. The molecule has 7 aromatic carbocycles. The minimum atomic E-state index is -0.483. The first-order chi connectivity index (χ1) is 27.9. The van der Waals surface area contributed by atoms with Gasteiger partial charge in [-0.15, -0.1) is 11.3 Å². The molecule has 0 radical (unpaired) electrons. The standard InChI is InChI=1S/C43H26N4S/c1-3-11-27(12-4-1)41-44-42(28-13-5-2-6-14-28)46-43(45-41)31-20-19-30-26-32(22-21-29(30)25-31)47-35-17-9-7-15-33(35)39-36(47)23-24-38-40(39)34-16-8-10-18-37(34)48-38/h1-26H/i7D,8D,9D,10D,15D,16D,17D,18D,23D,24D. The van der Waals surface area contributed by atoms with Crippen molar-refractivity contribution in [2.75, 3.05) is 0 Å². The van der Waals surface area contributed by atoms with Gasteiger partial charge in [-0.2, -0.15) is 0 Å². The summed E-state index contributed by atoms with van der Waals surface area (Å²) >= 11 is 0.979. The van der Waals surface area contributed by atoms with Crippen LogP contribution in [0.1, 0.15) is 13.7 Å². The zero-order valence-electron chi connectivity index (χ0n) is 34.9. The van der Waals surface area contributed by atoms with Crippen LogP contribution in [0.25, 0.3) is 92.6 Å². The van der Waals surface area contributed by atoms with Crippen LogP contribution in [-0.2, 0) is 0 Å². The molecule has 0 N–H and O–H groups in total. The Labute approximate surface area is 294 Å². The molecule has 0 fully saturated rings. The van der Waals surface area contributed by atoms with Gasteiger partial charge in [0.1, 0.15) is 0 Å². The van der Waals surface area contributed by atoms with Crippen molar-refractivity contribution >= 4 is 64.1 Å². The van der Waals surface area contributed by atoms with Gasteiger partial charge in [-0.1, -0.05) is 115 Å². The van der Waals surface area contributed by atoms with Crippen molar-refractivity contribution in [3.8, 4) is 39.9 Å². The topological polar surface area (TPSA) is 43.6 Å². The van der Waals surface area contributed by atoms with Gasteiger partial charge in [0.05, 0.1) is 24.7 Å². The molecule has 0 aliphatic heterocycles. The minimum Gasteiger partial charge on any atom is -0.309 e. The lowest BCUT2D eigenvalue weighted by atomic mass is 10.0. The van der Waals surface area contributed by atoms with E-state index in [2.05, 4.69) is 0 Å². The van der Waals surface area contributed by atoms with Gasteiger partial charge in [-0.25, -0.2) is 15.0 Å². The summed E-state index contributed by atoms with van der Waals surface area (Å²) in [5, 5.41) is 2.31. The average Bonchev–Trinajstić information content (AvgIpc) is 3.83. The molecule has 0 unspecified atom stereocenters. The summed E-state index contributed by atoms with van der Waals surface area (Å²) in [4.78, 5) is 14.5. The Kier molecular flexibility index (Phi) is 4.20. The minimum absolute atomic E-state index is 0.0876. The third-order valence-electron chi connectivity index (χ3n) is 8.52. The number of hydrogen-bond acceptors (Lipinski definition) is 4. The van der Waals surface area contributed by atoms with Crippen molar-refractivity contribution in [2.45, 2.75) is 0 Å². The van der Waals surface area contributed by atoms with Gasteiger partial charge in [0.2, 0.25) is 0 Å². The predicted molar refractivity (Wildman–Crippen MR) is 201 cm³/mol. The number of rotatable bonds is 4. The van der Waals surface area contributed by atoms with Crippen molar-refractivity contribution in [1.29, 1.82) is 0 Å². The summed E-state index contributed by atoms with van der Waals surface area (Å²) < 4.78 is 90.3. The van der Waals surface area contributed by atoms with Crippen molar-refractivity contribution in [3.63, 3.8) is 0 Å². The SMILES string of the molecule is [2H]c1c([2H])c([2H])c2c(sc3c([2H])c([2H])c4c(c5c([2H])c([2H])c([2H])c([2H])c5n4-c4ccc5cc(-c6nc(-c7ccccc7)nc(-c7ccccc7)n6)ccc5c4)c32)c1[2H]. The Balaban J connectivity index is 1.23. The van der Waals surface area contributed by atoms with E-state index in [1.165, 1.54) is 0 Å². The highest BCUT2D eigenvalue weighted by Gasteiger charge is 2.18. The quantitative estimate of drug-likeness (QED) is 0.192. The fraction of sp³-hybridized carbons (Fsp3) is 0. The lowest BCUT2D eigenvalue weighted by molar-refractivity contribution is 1.07. The van der Waals surface area contributed by atoms with Gasteiger partial charge in [0.15, 0.2) is 17.5 Å². The van der Waals surface area contributed by atoms with Crippen molar-refractivity contribution in [1.82, 2.24) is 19.5 Å². The highest BCUT2D eigenvalue weighted by molar-refractivity contribution is 7.26. The second kappa shape index (κ2) is 10.7. The number of aromatic nitrogens is 4. The van der Waals surface area contributed by atoms with Gasteiger partial charge in [0, 0.05) is 53.3 Å². The van der Waals surface area contributed by atoms with Crippen LogP contribution in [0.2, 0.25) is 0 Å². The maximum absolute atomic E-state index is 9.35. The summed E-state index contributed by atoms with van der Waals surface area (Å²) in [6.07, 6.45) is 0. The van der Waals surface area contributed by atoms with E-state index >= 15 is 0 Å². The molecule has 0 spiro atoms. The van der Waals surface area contributed by atoms with E-state index in [1.807, 2.05) is 91.0 Å². The Morgan fingerprint density at radius 2 is 1.10 bits per heavy atom. The smallest absolute Gasteiger partial charge is 0.164 e. The molecule has 0 aliphatic carbocycles. The summed E-state index contributed by atoms with van der Waals surface area (Å²) in [5.41, 5.74) is 3.12. The molecule has 3 heterocycles. The largest absolute Gasteiger partial charge is 0.309 e. The molecule has 5 heteroatoms. The number of fused-ring (bicyclic) bond motifs is 8. The second-order valence-corrected chi connectivity index (χ2v) is 12.3. The van der Waals surface area contributed by atoms with E-state index in [1.54, 1.807) is 10.6 Å². The van der Waals surface area contributed by atoms with E-state index in [4.69, 9.17) is 27.3 Å². The van der Waals surface area contributed by atoms with Crippen molar-refractivity contribution in [3.05, 3.63) is 157 Å². The molecule has 0 atom stereocenters. The molecular formula is C43H26N4S. The molecule has 224 valence electrons. The first kappa shape index (κ1) is 18.8. The maximum Gasteiger partial charge on any atom is 0.164 e. The maximum atomic E-state index is 9.35. The summed E-state index contributed by atoms with van der Waals surface area (Å²) in [7, 11) is 0. The molecule has 0 bridgehead atoms. The monoisotopic (exact) mass is 640 g/mol. The average molecular weight is 641 g/mol. The molecule has 0 saturated carbocycles. The van der Waals surface area contributed by atoms with Gasteiger partial charge in [0.25, 0.3) is 0 Å². The molecular weight excluding hydrogens is 605 g/mol. The van der Waals surface area contributed by atoms with Crippen LogP contribution in [-0.4, -0.2) is 19.5 Å². The fourth-order valence-electron chi connectivity index (χ4n) is 6.33. The predicted octanol–water partition coefficient (Wildman–Crippen LogP) is 11.5. The highest BCUT2D eigenvalue weighted by atomic mass is 32.1. The third-order valence-corrected chi connectivity index (χ3v) is 9.54. The Morgan fingerprint density at radius 3 is 1.85 bits per heavy atom. The van der Waals surface area contributed by atoms with Gasteiger partial charge in [-0.3, -0.25) is 0 Å². The van der Waals surface area contributed by atoms with Gasteiger partial charge >= 0.3 is 0 Å². The first-order valence-electron chi connectivity index (χ1n) is 20.2. The first-order valence-corrected chi connectivity index (χ1v) is 16.0. The second-order valence-electron chi connectivity index (χ2n) is 11.3. The molecule has 0 amide bonds. The number of hydrogen-bond donors (Lipinski definition) is 0. The number of para-hydroxylation sites is 1. The number of thiophene rings is 1. The van der Waals surface area contributed by atoms with E-state index in [-0.39, 0.29) is 78.2 Å². The van der Waals surface area contributed by atoms with E-state index < -0.39 is 24.2 Å². The van der Waals surface area contributed by atoms with E-state index in [0.29, 0.717) is 23.2 Å². The zero-order chi connectivity index (χ0) is 40.3. The van der Waals surface area contributed by atoms with E-state index in [0.717, 1.165) is 38.8 Å². The van der Waals surface area contributed by atoms with Crippen molar-refractivity contribution < 1.29 is 13.7 Å². The number of benzene rings is 7. The Morgan fingerprint density at radius 1 is 0.479 bits per heavy atom. The molecule has 3 aromatic heterocycles. The van der Waals surface area contributed by atoms with Crippen LogP contribution < -0.4 is 0 Å². The summed E-state index contributed by atoms with van der Waals surface area (Å²) in [6, 6.07) is 27.0. The van der Waals surface area contributed by atoms with Crippen LogP contribution in [0.15, 0.2) is 157 Å². The van der Waals surface area contributed by atoms with Crippen LogP contribution in [0, 0.1) is 0 Å².